The van der Waals surface area contributed by atoms with Gasteiger partial charge in [0.2, 0.25) is 15.9 Å². The van der Waals surface area contributed by atoms with Gasteiger partial charge in [-0.2, -0.15) is 0 Å². The van der Waals surface area contributed by atoms with Crippen molar-refractivity contribution in [3.8, 4) is 0 Å². The quantitative estimate of drug-likeness (QED) is 0.504. The number of hydrogen-bond acceptors (Lipinski definition) is 4. The number of amides is 1. The first-order valence-corrected chi connectivity index (χ1v) is 6.49. The van der Waals surface area contributed by atoms with Gasteiger partial charge in [-0.3, -0.25) is 4.79 Å². The summed E-state index contributed by atoms with van der Waals surface area (Å²) in [6.07, 6.45) is 1.28. The first-order valence-electron chi connectivity index (χ1n) is 4.60. The van der Waals surface area contributed by atoms with Crippen LogP contribution in [0.15, 0.2) is 0 Å². The lowest BCUT2D eigenvalue weighted by Crippen LogP contribution is -2.41. The highest BCUT2D eigenvalue weighted by atomic mass is 32.2. The molecule has 0 aliphatic heterocycles. The Morgan fingerprint density at radius 3 is 2.27 bits per heavy atom. The predicted octanol–water partition coefficient (Wildman–Crippen LogP) is -1.22. The van der Waals surface area contributed by atoms with Crippen LogP contribution in [-0.4, -0.2) is 39.2 Å². The molecule has 0 radical (unpaired) electrons. The molecule has 90 valence electrons. The van der Waals surface area contributed by atoms with Crippen LogP contribution in [0.25, 0.3) is 0 Å². The molecule has 0 aromatic heterocycles. The molecule has 0 heterocycles. The Labute approximate surface area is 90.7 Å². The van der Waals surface area contributed by atoms with E-state index < -0.39 is 15.6 Å². The van der Waals surface area contributed by atoms with E-state index in [-0.39, 0.29) is 25.4 Å². The Bertz CT molecular complexity index is 306. The number of sulfonamides is 1. The van der Waals surface area contributed by atoms with Gasteiger partial charge in [-0.25, -0.2) is 13.1 Å². The largest absolute Gasteiger partial charge is 0.355 e. The zero-order valence-corrected chi connectivity index (χ0v) is 10.1. The fourth-order valence-corrected chi connectivity index (χ4v) is 1.39. The minimum absolute atomic E-state index is 0.183. The summed E-state index contributed by atoms with van der Waals surface area (Å²) in [6.45, 7) is 3.96. The van der Waals surface area contributed by atoms with Crippen LogP contribution >= 0.6 is 0 Å². The van der Waals surface area contributed by atoms with Crippen molar-refractivity contribution in [3.63, 3.8) is 0 Å². The van der Waals surface area contributed by atoms with Crippen LogP contribution in [0.3, 0.4) is 0 Å². The summed E-state index contributed by atoms with van der Waals surface area (Å²) in [5.41, 5.74) is 5.09. The Morgan fingerprint density at radius 2 is 1.87 bits per heavy atom. The molecule has 0 aliphatic rings. The average molecular weight is 237 g/mol. The molecule has 0 aromatic carbocycles. The second-order valence-corrected chi connectivity index (χ2v) is 6.01. The fourth-order valence-electron chi connectivity index (χ4n) is 0.915. The molecule has 0 unspecified atom stereocenters. The maximum Gasteiger partial charge on any atom is 0.221 e. The smallest absolute Gasteiger partial charge is 0.221 e. The van der Waals surface area contributed by atoms with Gasteiger partial charge in [0, 0.05) is 25.0 Å². The van der Waals surface area contributed by atoms with Crippen LogP contribution in [0.5, 0.6) is 0 Å². The SMILES string of the molecule is CC(C)(N)CC(=O)NCCNS(C)(=O)=O. The minimum Gasteiger partial charge on any atom is -0.355 e. The molecule has 0 saturated carbocycles. The second kappa shape index (κ2) is 5.43. The zero-order chi connectivity index (χ0) is 12.1. The highest BCUT2D eigenvalue weighted by Crippen LogP contribution is 2.01. The summed E-state index contributed by atoms with van der Waals surface area (Å²) in [5, 5.41) is 2.57. The van der Waals surface area contributed by atoms with Gasteiger partial charge in [-0.1, -0.05) is 0 Å². The van der Waals surface area contributed by atoms with Crippen molar-refractivity contribution in [2.45, 2.75) is 25.8 Å². The van der Waals surface area contributed by atoms with Gasteiger partial charge in [0.15, 0.2) is 0 Å². The van der Waals surface area contributed by atoms with Crippen LogP contribution < -0.4 is 15.8 Å². The van der Waals surface area contributed by atoms with Crippen molar-refractivity contribution < 1.29 is 13.2 Å². The Morgan fingerprint density at radius 1 is 1.33 bits per heavy atom. The Balaban J connectivity index is 3.66. The first kappa shape index (κ1) is 14.3. The maximum absolute atomic E-state index is 11.2. The third-order valence-electron chi connectivity index (χ3n) is 1.43. The van der Waals surface area contributed by atoms with Crippen LogP contribution in [-0.2, 0) is 14.8 Å². The van der Waals surface area contributed by atoms with Crippen LogP contribution in [0, 0.1) is 0 Å². The van der Waals surface area contributed by atoms with E-state index in [1.165, 1.54) is 0 Å². The first-order chi connectivity index (χ1) is 6.60. The maximum atomic E-state index is 11.2. The molecular formula is C8H19N3O3S. The number of hydrogen-bond donors (Lipinski definition) is 3. The summed E-state index contributed by atoms with van der Waals surface area (Å²) in [5.74, 6) is -0.183. The highest BCUT2D eigenvalue weighted by Gasteiger charge is 2.15. The van der Waals surface area contributed by atoms with E-state index in [1.807, 2.05) is 0 Å². The number of carbonyl (C=O) groups is 1. The standard InChI is InChI=1S/C8H19N3O3S/c1-8(2,9)6-7(12)10-4-5-11-15(3,13)14/h11H,4-6,9H2,1-3H3,(H,10,12). The lowest BCUT2D eigenvalue weighted by atomic mass is 10.0. The second-order valence-electron chi connectivity index (χ2n) is 4.18. The van der Waals surface area contributed by atoms with E-state index in [9.17, 15) is 13.2 Å². The molecule has 0 saturated heterocycles. The Kier molecular flexibility index (Phi) is 5.19. The number of carbonyl (C=O) groups excluding carboxylic acids is 1. The molecule has 0 aromatic rings. The average Bonchev–Trinajstić information content (AvgIpc) is 1.92. The lowest BCUT2D eigenvalue weighted by molar-refractivity contribution is -0.121. The van der Waals surface area contributed by atoms with Gasteiger partial charge in [0.1, 0.15) is 0 Å². The summed E-state index contributed by atoms with van der Waals surface area (Å²) in [4.78, 5) is 11.2. The molecule has 1 amide bonds. The molecule has 15 heavy (non-hydrogen) atoms. The van der Waals surface area contributed by atoms with Crippen LogP contribution in [0.4, 0.5) is 0 Å². The van der Waals surface area contributed by atoms with E-state index in [1.54, 1.807) is 13.8 Å². The number of nitrogens with two attached hydrogens (primary N) is 1. The van der Waals surface area contributed by atoms with Gasteiger partial charge >= 0.3 is 0 Å². The van der Waals surface area contributed by atoms with Crippen molar-refractivity contribution >= 4 is 15.9 Å². The number of nitrogens with one attached hydrogen (secondary N) is 2. The highest BCUT2D eigenvalue weighted by molar-refractivity contribution is 7.88. The van der Waals surface area contributed by atoms with E-state index in [0.717, 1.165) is 6.26 Å². The summed E-state index contributed by atoms with van der Waals surface area (Å²) in [7, 11) is -3.18. The van der Waals surface area contributed by atoms with Crippen molar-refractivity contribution in [2.75, 3.05) is 19.3 Å². The Hall–Kier alpha value is -0.660. The van der Waals surface area contributed by atoms with Crippen molar-refractivity contribution in [1.29, 1.82) is 0 Å². The molecule has 6 nitrogen and oxygen atoms in total. The summed E-state index contributed by atoms with van der Waals surface area (Å²) in [6, 6.07) is 0. The van der Waals surface area contributed by atoms with E-state index >= 15 is 0 Å². The molecule has 7 heteroatoms. The molecule has 0 bridgehead atoms. The monoisotopic (exact) mass is 237 g/mol. The van der Waals surface area contributed by atoms with Gasteiger partial charge in [0.25, 0.3) is 0 Å². The topological polar surface area (TPSA) is 101 Å². The van der Waals surface area contributed by atoms with Crippen molar-refractivity contribution in [3.05, 3.63) is 0 Å². The summed E-state index contributed by atoms with van der Waals surface area (Å²) >= 11 is 0. The van der Waals surface area contributed by atoms with Crippen LogP contribution in [0.1, 0.15) is 20.3 Å². The molecular weight excluding hydrogens is 218 g/mol. The third-order valence-corrected chi connectivity index (χ3v) is 2.16. The van der Waals surface area contributed by atoms with Crippen molar-refractivity contribution in [2.24, 2.45) is 5.73 Å². The lowest BCUT2D eigenvalue weighted by Gasteiger charge is -2.17. The zero-order valence-electron chi connectivity index (χ0n) is 9.33. The molecule has 4 N–H and O–H groups in total. The molecule has 0 spiro atoms. The molecule has 0 rings (SSSR count). The molecule has 0 aliphatic carbocycles. The molecule has 0 atom stereocenters. The van der Waals surface area contributed by atoms with Gasteiger partial charge < -0.3 is 11.1 Å². The van der Waals surface area contributed by atoms with Crippen molar-refractivity contribution in [1.82, 2.24) is 10.0 Å². The predicted molar refractivity (Wildman–Crippen MR) is 58.7 cm³/mol. The van der Waals surface area contributed by atoms with Gasteiger partial charge in [-0.15, -0.1) is 0 Å². The van der Waals surface area contributed by atoms with Gasteiger partial charge in [-0.05, 0) is 13.8 Å². The van der Waals surface area contributed by atoms with E-state index in [0.29, 0.717) is 0 Å². The van der Waals surface area contributed by atoms with Gasteiger partial charge in [0.05, 0.1) is 6.26 Å². The van der Waals surface area contributed by atoms with E-state index in [2.05, 4.69) is 10.0 Å². The minimum atomic E-state index is -3.18. The fraction of sp³-hybridized carbons (Fsp3) is 0.875. The summed E-state index contributed by atoms with van der Waals surface area (Å²) < 4.78 is 23.6. The van der Waals surface area contributed by atoms with Crippen LogP contribution in [0.2, 0.25) is 0 Å². The number of rotatable bonds is 6. The normalized spacial score (nSPS) is 12.5. The molecule has 0 fully saturated rings. The third kappa shape index (κ3) is 11.3. The van der Waals surface area contributed by atoms with E-state index in [4.69, 9.17) is 5.73 Å².